The maximum Gasteiger partial charge on any atom is 0.147 e. The summed E-state index contributed by atoms with van der Waals surface area (Å²) in [5, 5.41) is 2.74. The van der Waals surface area contributed by atoms with E-state index in [2.05, 4.69) is 33.1 Å². The third-order valence-electron chi connectivity index (χ3n) is 1.84. The van der Waals surface area contributed by atoms with Crippen LogP contribution in [0.3, 0.4) is 0 Å². The van der Waals surface area contributed by atoms with E-state index >= 15 is 0 Å². The van der Waals surface area contributed by atoms with Crippen LogP contribution in [0.5, 0.6) is 0 Å². The Morgan fingerprint density at radius 2 is 1.88 bits per heavy atom. The Kier molecular flexibility index (Phi) is 4.53. The molecule has 0 atom stereocenters. The van der Waals surface area contributed by atoms with Gasteiger partial charge < -0.3 is 5.32 Å². The van der Waals surface area contributed by atoms with Gasteiger partial charge in [-0.15, -0.1) is 0 Å². The van der Waals surface area contributed by atoms with E-state index in [-0.39, 0.29) is 22.1 Å². The molecule has 0 spiro atoms. The van der Waals surface area contributed by atoms with Gasteiger partial charge in [-0.25, -0.2) is 8.78 Å². The number of benzene rings is 1. The number of hydrogen-bond donors (Lipinski definition) is 1. The van der Waals surface area contributed by atoms with Crippen LogP contribution < -0.4 is 5.32 Å². The maximum absolute atomic E-state index is 13.4. The fraction of sp³-hybridized carbons (Fsp3) is 0.385. The van der Waals surface area contributed by atoms with E-state index in [9.17, 15) is 8.78 Å². The summed E-state index contributed by atoms with van der Waals surface area (Å²) in [6.45, 7) is 6.24. The smallest absolute Gasteiger partial charge is 0.147 e. The minimum absolute atomic E-state index is 0.0921. The average molecular weight is 302 g/mol. The monoisotopic (exact) mass is 301 g/mol. The summed E-state index contributed by atoms with van der Waals surface area (Å²) in [6, 6.07) is 2.20. The van der Waals surface area contributed by atoms with E-state index in [4.69, 9.17) is 0 Å². The zero-order valence-corrected chi connectivity index (χ0v) is 11.6. The second kappa shape index (κ2) is 5.50. The largest absolute Gasteiger partial charge is 0.372 e. The van der Waals surface area contributed by atoms with Crippen LogP contribution in [0.25, 0.3) is 0 Å². The van der Waals surface area contributed by atoms with E-state index in [0.717, 1.165) is 12.1 Å². The highest BCUT2D eigenvalue weighted by molar-refractivity contribution is 9.10. The molecule has 1 nitrogen and oxygen atoms in total. The zero-order chi connectivity index (χ0) is 13.1. The minimum Gasteiger partial charge on any atom is -0.372 e. The Bertz CT molecular complexity index is 467. The van der Waals surface area contributed by atoms with Crippen LogP contribution in [0, 0.1) is 28.9 Å². The maximum atomic E-state index is 13.4. The molecule has 17 heavy (non-hydrogen) atoms. The lowest BCUT2D eigenvalue weighted by molar-refractivity contribution is 0.570. The molecular formula is C13H14BrF2N. The zero-order valence-electron chi connectivity index (χ0n) is 10.00. The molecule has 0 saturated heterocycles. The summed E-state index contributed by atoms with van der Waals surface area (Å²) < 4.78 is 26.7. The van der Waals surface area contributed by atoms with Crippen molar-refractivity contribution in [1.29, 1.82) is 0 Å². The first-order chi connectivity index (χ1) is 7.79. The van der Waals surface area contributed by atoms with E-state index in [1.54, 1.807) is 0 Å². The number of hydrogen-bond acceptors (Lipinski definition) is 1. The predicted octanol–water partition coefficient (Wildman–Crippen LogP) is 4.19. The van der Waals surface area contributed by atoms with Crippen LogP contribution in [-0.4, -0.2) is 6.54 Å². The van der Waals surface area contributed by atoms with Gasteiger partial charge in [0.15, 0.2) is 0 Å². The fourth-order valence-electron chi connectivity index (χ4n) is 1.11. The van der Waals surface area contributed by atoms with E-state index in [1.165, 1.54) is 0 Å². The van der Waals surface area contributed by atoms with Gasteiger partial charge in [0, 0.05) is 11.5 Å². The Labute approximate surface area is 109 Å². The summed E-state index contributed by atoms with van der Waals surface area (Å²) in [5.41, 5.74) is 0.0273. The van der Waals surface area contributed by atoms with E-state index in [0.29, 0.717) is 0 Å². The summed E-state index contributed by atoms with van der Waals surface area (Å²) in [6.07, 6.45) is 0. The lowest BCUT2D eigenvalue weighted by Crippen LogP contribution is -2.04. The van der Waals surface area contributed by atoms with Gasteiger partial charge in [0.05, 0.1) is 16.7 Å². The highest BCUT2D eigenvalue weighted by atomic mass is 79.9. The van der Waals surface area contributed by atoms with Crippen molar-refractivity contribution in [3.63, 3.8) is 0 Å². The second-order valence-electron chi connectivity index (χ2n) is 4.65. The molecule has 0 aliphatic rings. The molecule has 0 fully saturated rings. The van der Waals surface area contributed by atoms with Crippen LogP contribution >= 0.6 is 15.9 Å². The molecule has 1 aromatic rings. The first-order valence-corrected chi connectivity index (χ1v) is 5.97. The SMILES string of the molecule is CC(C)(C)C#CCNc1cc(F)c(Br)cc1F. The molecule has 0 heterocycles. The topological polar surface area (TPSA) is 12.0 Å². The van der Waals surface area contributed by atoms with Crippen molar-refractivity contribution in [3.8, 4) is 11.8 Å². The lowest BCUT2D eigenvalue weighted by atomic mass is 9.98. The number of halogens is 3. The van der Waals surface area contributed by atoms with Crippen molar-refractivity contribution >= 4 is 21.6 Å². The summed E-state index contributed by atoms with van der Waals surface area (Å²) in [4.78, 5) is 0. The van der Waals surface area contributed by atoms with Crippen LogP contribution in [0.1, 0.15) is 20.8 Å². The minimum atomic E-state index is -0.504. The molecule has 1 N–H and O–H groups in total. The van der Waals surface area contributed by atoms with Crippen molar-refractivity contribution in [2.45, 2.75) is 20.8 Å². The van der Waals surface area contributed by atoms with Gasteiger partial charge in [-0.1, -0.05) is 11.8 Å². The van der Waals surface area contributed by atoms with Crippen LogP contribution in [0.2, 0.25) is 0 Å². The normalized spacial score (nSPS) is 10.7. The molecule has 0 amide bonds. The van der Waals surface area contributed by atoms with Gasteiger partial charge >= 0.3 is 0 Å². The van der Waals surface area contributed by atoms with Crippen LogP contribution in [-0.2, 0) is 0 Å². The van der Waals surface area contributed by atoms with Gasteiger partial charge in [-0.2, -0.15) is 0 Å². The number of nitrogens with one attached hydrogen (secondary N) is 1. The molecule has 4 heteroatoms. The van der Waals surface area contributed by atoms with Crippen LogP contribution in [0.15, 0.2) is 16.6 Å². The molecule has 0 aromatic heterocycles. The Hall–Kier alpha value is -1.08. The molecule has 0 bridgehead atoms. The Balaban J connectivity index is 2.70. The predicted molar refractivity (Wildman–Crippen MR) is 69.8 cm³/mol. The Morgan fingerprint density at radius 1 is 1.24 bits per heavy atom. The van der Waals surface area contributed by atoms with Crippen molar-refractivity contribution < 1.29 is 8.78 Å². The van der Waals surface area contributed by atoms with Gasteiger partial charge in [0.25, 0.3) is 0 Å². The van der Waals surface area contributed by atoms with Gasteiger partial charge in [0.2, 0.25) is 0 Å². The Morgan fingerprint density at radius 3 is 2.47 bits per heavy atom. The molecule has 0 aliphatic carbocycles. The molecule has 0 unspecified atom stereocenters. The quantitative estimate of drug-likeness (QED) is 0.638. The molecule has 92 valence electrons. The van der Waals surface area contributed by atoms with Gasteiger partial charge in [-0.05, 0) is 42.8 Å². The second-order valence-corrected chi connectivity index (χ2v) is 5.51. The highest BCUT2D eigenvalue weighted by Crippen LogP contribution is 2.23. The third-order valence-corrected chi connectivity index (χ3v) is 2.45. The van der Waals surface area contributed by atoms with Crippen molar-refractivity contribution in [2.24, 2.45) is 5.41 Å². The highest BCUT2D eigenvalue weighted by Gasteiger charge is 2.07. The first kappa shape index (κ1) is 14.0. The summed E-state index contributed by atoms with van der Waals surface area (Å²) in [7, 11) is 0. The number of anilines is 1. The van der Waals surface area contributed by atoms with Crippen molar-refractivity contribution in [3.05, 3.63) is 28.2 Å². The fourth-order valence-corrected chi connectivity index (χ4v) is 1.42. The molecule has 0 aliphatic heterocycles. The van der Waals surface area contributed by atoms with Gasteiger partial charge in [-0.3, -0.25) is 0 Å². The molecule has 0 radical (unpaired) electrons. The molecule has 1 rings (SSSR count). The molecule has 1 aromatic carbocycles. The number of rotatable bonds is 2. The summed E-state index contributed by atoms with van der Waals surface area (Å²) in [5.74, 6) is 4.87. The summed E-state index contributed by atoms with van der Waals surface area (Å²) >= 11 is 2.92. The molecule has 0 saturated carbocycles. The molecular weight excluding hydrogens is 288 g/mol. The average Bonchev–Trinajstić information content (AvgIpc) is 2.18. The van der Waals surface area contributed by atoms with Crippen LogP contribution in [0.4, 0.5) is 14.5 Å². The van der Waals surface area contributed by atoms with E-state index < -0.39 is 11.6 Å². The van der Waals surface area contributed by atoms with Gasteiger partial charge in [0.1, 0.15) is 11.6 Å². The van der Waals surface area contributed by atoms with E-state index in [1.807, 2.05) is 20.8 Å². The van der Waals surface area contributed by atoms with Crippen molar-refractivity contribution in [2.75, 3.05) is 11.9 Å². The lowest BCUT2D eigenvalue weighted by Gasteiger charge is -2.08. The third kappa shape index (κ3) is 4.74. The first-order valence-electron chi connectivity index (χ1n) is 5.18. The standard InChI is InChI=1S/C13H14BrF2N/c1-13(2,3)5-4-6-17-12-8-10(15)9(14)7-11(12)16/h7-8,17H,6H2,1-3H3. The van der Waals surface area contributed by atoms with Crippen molar-refractivity contribution in [1.82, 2.24) is 0 Å².